The van der Waals surface area contributed by atoms with E-state index in [2.05, 4.69) is 16.9 Å². The molecule has 2 aromatic rings. The molecule has 4 heteroatoms. The number of amides is 1. The highest BCUT2D eigenvalue weighted by molar-refractivity contribution is 5.83. The van der Waals surface area contributed by atoms with E-state index in [0.29, 0.717) is 6.42 Å². The molecular weight excluding hydrogens is 216 g/mol. The summed E-state index contributed by atoms with van der Waals surface area (Å²) < 4.78 is 0. The molecule has 1 atom stereocenters. The summed E-state index contributed by atoms with van der Waals surface area (Å²) in [5.74, 6) is 0. The van der Waals surface area contributed by atoms with E-state index >= 15 is 0 Å². The molecule has 1 aromatic carbocycles. The number of hydrogen-bond donors (Lipinski definition) is 3. The number of carboxylic acid groups (broad SMARTS) is 1. The van der Waals surface area contributed by atoms with E-state index in [1.165, 1.54) is 0 Å². The van der Waals surface area contributed by atoms with Gasteiger partial charge in [-0.1, -0.05) is 24.3 Å². The van der Waals surface area contributed by atoms with Crippen molar-refractivity contribution in [2.45, 2.75) is 12.5 Å². The van der Waals surface area contributed by atoms with Crippen molar-refractivity contribution in [3.05, 3.63) is 48.7 Å². The average molecular weight is 230 g/mol. The second kappa shape index (κ2) is 4.74. The molecule has 0 unspecified atom stereocenters. The van der Waals surface area contributed by atoms with Gasteiger partial charge in [0.25, 0.3) is 0 Å². The van der Waals surface area contributed by atoms with E-state index in [4.69, 9.17) is 5.11 Å². The first-order valence-electron chi connectivity index (χ1n) is 5.37. The number of rotatable bonds is 4. The molecule has 0 aliphatic rings. The van der Waals surface area contributed by atoms with E-state index < -0.39 is 6.09 Å². The highest BCUT2D eigenvalue weighted by Gasteiger charge is 2.11. The van der Waals surface area contributed by atoms with Crippen LogP contribution in [0.3, 0.4) is 0 Å². The summed E-state index contributed by atoms with van der Waals surface area (Å²) in [4.78, 5) is 13.8. The molecule has 88 valence electrons. The Hall–Kier alpha value is -2.23. The maximum atomic E-state index is 10.6. The Morgan fingerprint density at radius 1 is 1.53 bits per heavy atom. The topological polar surface area (TPSA) is 65.1 Å². The molecule has 2 rings (SSSR count). The molecule has 17 heavy (non-hydrogen) atoms. The van der Waals surface area contributed by atoms with Crippen LogP contribution in [0.5, 0.6) is 0 Å². The summed E-state index contributed by atoms with van der Waals surface area (Å²) >= 11 is 0. The van der Waals surface area contributed by atoms with Gasteiger partial charge in [-0.3, -0.25) is 0 Å². The highest BCUT2D eigenvalue weighted by Crippen LogP contribution is 2.19. The predicted molar refractivity (Wildman–Crippen MR) is 67.1 cm³/mol. The maximum Gasteiger partial charge on any atom is 0.405 e. The van der Waals surface area contributed by atoms with Crippen LogP contribution >= 0.6 is 0 Å². The van der Waals surface area contributed by atoms with Gasteiger partial charge in [0, 0.05) is 17.1 Å². The minimum atomic E-state index is -1.03. The standard InChI is InChI=1S/C13H14N2O2/c1-2-10(15-13(16)17)7-9-8-14-12-6-4-3-5-11(9)12/h2-6,8,10,14-15H,1,7H2,(H,16,17)/t10-/m1/s1. The minimum absolute atomic E-state index is 0.272. The summed E-state index contributed by atoms with van der Waals surface area (Å²) in [6.07, 6.45) is 3.08. The van der Waals surface area contributed by atoms with Gasteiger partial charge in [-0.2, -0.15) is 0 Å². The SMILES string of the molecule is C=C[C@H](Cc1c[nH]c2ccccc12)NC(=O)O. The summed E-state index contributed by atoms with van der Waals surface area (Å²) in [5, 5.41) is 12.2. The first-order valence-corrected chi connectivity index (χ1v) is 5.37. The van der Waals surface area contributed by atoms with Crippen molar-refractivity contribution in [1.82, 2.24) is 10.3 Å². The number of hydrogen-bond acceptors (Lipinski definition) is 1. The summed E-state index contributed by atoms with van der Waals surface area (Å²) in [6, 6.07) is 7.66. The second-order valence-electron chi connectivity index (χ2n) is 3.86. The zero-order chi connectivity index (χ0) is 12.3. The fraction of sp³-hybridized carbons (Fsp3) is 0.154. The molecule has 0 saturated carbocycles. The zero-order valence-corrected chi connectivity index (χ0v) is 9.31. The Morgan fingerprint density at radius 2 is 2.29 bits per heavy atom. The largest absolute Gasteiger partial charge is 0.465 e. The molecule has 1 aromatic heterocycles. The molecule has 0 bridgehead atoms. The van der Waals surface area contributed by atoms with Gasteiger partial charge in [0.1, 0.15) is 0 Å². The van der Waals surface area contributed by atoms with Crippen molar-refractivity contribution < 1.29 is 9.90 Å². The Bertz CT molecular complexity index is 545. The second-order valence-corrected chi connectivity index (χ2v) is 3.86. The van der Waals surface area contributed by atoms with Gasteiger partial charge >= 0.3 is 6.09 Å². The van der Waals surface area contributed by atoms with Gasteiger partial charge in [-0.05, 0) is 18.1 Å². The van der Waals surface area contributed by atoms with Crippen LogP contribution in [-0.2, 0) is 6.42 Å². The third-order valence-electron chi connectivity index (χ3n) is 2.71. The molecule has 0 saturated heterocycles. The third-order valence-corrected chi connectivity index (χ3v) is 2.71. The van der Waals surface area contributed by atoms with E-state index in [0.717, 1.165) is 16.5 Å². The molecule has 4 nitrogen and oxygen atoms in total. The van der Waals surface area contributed by atoms with E-state index in [-0.39, 0.29) is 6.04 Å². The van der Waals surface area contributed by atoms with E-state index in [1.54, 1.807) is 6.08 Å². The Kier molecular flexibility index (Phi) is 3.14. The number of nitrogens with one attached hydrogen (secondary N) is 2. The van der Waals surface area contributed by atoms with Crippen LogP contribution in [0, 0.1) is 0 Å². The molecule has 0 fully saturated rings. The number of benzene rings is 1. The van der Waals surface area contributed by atoms with Gasteiger partial charge in [0.2, 0.25) is 0 Å². The monoisotopic (exact) mass is 230 g/mol. The molecule has 3 N–H and O–H groups in total. The van der Waals surface area contributed by atoms with Crippen molar-refractivity contribution in [3.8, 4) is 0 Å². The van der Waals surface area contributed by atoms with Crippen molar-refractivity contribution >= 4 is 17.0 Å². The van der Waals surface area contributed by atoms with Crippen LogP contribution in [0.1, 0.15) is 5.56 Å². The molecule has 0 spiro atoms. The first-order chi connectivity index (χ1) is 8.20. The van der Waals surface area contributed by atoms with Crippen molar-refractivity contribution in [2.75, 3.05) is 0 Å². The van der Waals surface area contributed by atoms with Gasteiger partial charge in [0.15, 0.2) is 0 Å². The van der Waals surface area contributed by atoms with Crippen LogP contribution in [0.15, 0.2) is 43.1 Å². The summed E-state index contributed by atoms with van der Waals surface area (Å²) in [6.45, 7) is 3.64. The lowest BCUT2D eigenvalue weighted by Gasteiger charge is -2.11. The number of aromatic nitrogens is 1. The molecular formula is C13H14N2O2. The number of para-hydroxylation sites is 1. The Balaban J connectivity index is 2.22. The number of fused-ring (bicyclic) bond motifs is 1. The normalized spacial score (nSPS) is 12.2. The van der Waals surface area contributed by atoms with Crippen molar-refractivity contribution in [3.63, 3.8) is 0 Å². The number of carbonyl (C=O) groups is 1. The maximum absolute atomic E-state index is 10.6. The van der Waals surface area contributed by atoms with Gasteiger partial charge in [-0.25, -0.2) is 4.79 Å². The number of H-pyrrole nitrogens is 1. The molecule has 1 amide bonds. The van der Waals surface area contributed by atoms with Crippen LogP contribution in [-0.4, -0.2) is 22.2 Å². The van der Waals surface area contributed by atoms with Crippen molar-refractivity contribution in [2.24, 2.45) is 0 Å². The lowest BCUT2D eigenvalue weighted by molar-refractivity contribution is 0.192. The zero-order valence-electron chi connectivity index (χ0n) is 9.31. The smallest absolute Gasteiger partial charge is 0.405 e. The molecule has 0 aliphatic carbocycles. The van der Waals surface area contributed by atoms with E-state index in [9.17, 15) is 4.79 Å². The number of aromatic amines is 1. The van der Waals surface area contributed by atoms with E-state index in [1.807, 2.05) is 30.5 Å². The summed E-state index contributed by atoms with van der Waals surface area (Å²) in [7, 11) is 0. The Morgan fingerprint density at radius 3 is 3.00 bits per heavy atom. The third kappa shape index (κ3) is 2.47. The van der Waals surface area contributed by atoms with Crippen LogP contribution in [0.2, 0.25) is 0 Å². The van der Waals surface area contributed by atoms with Crippen molar-refractivity contribution in [1.29, 1.82) is 0 Å². The molecule has 0 aliphatic heterocycles. The van der Waals surface area contributed by atoms with Gasteiger partial charge in [0.05, 0.1) is 6.04 Å². The molecule has 0 radical (unpaired) electrons. The van der Waals surface area contributed by atoms with Crippen LogP contribution in [0.25, 0.3) is 10.9 Å². The Labute approximate surface area is 99.0 Å². The highest BCUT2D eigenvalue weighted by atomic mass is 16.4. The predicted octanol–water partition coefficient (Wildman–Crippen LogP) is 2.53. The quantitative estimate of drug-likeness (QED) is 0.706. The molecule has 1 heterocycles. The average Bonchev–Trinajstić information content (AvgIpc) is 2.71. The fourth-order valence-electron chi connectivity index (χ4n) is 1.89. The van der Waals surface area contributed by atoms with Crippen LogP contribution in [0.4, 0.5) is 4.79 Å². The summed E-state index contributed by atoms with van der Waals surface area (Å²) in [5.41, 5.74) is 2.14. The van der Waals surface area contributed by atoms with Crippen LogP contribution < -0.4 is 5.32 Å². The van der Waals surface area contributed by atoms with Gasteiger partial charge < -0.3 is 15.4 Å². The lowest BCUT2D eigenvalue weighted by Crippen LogP contribution is -2.33. The van der Waals surface area contributed by atoms with Gasteiger partial charge in [-0.15, -0.1) is 6.58 Å². The first kappa shape index (κ1) is 11.3. The fourth-order valence-corrected chi connectivity index (χ4v) is 1.89. The minimum Gasteiger partial charge on any atom is -0.465 e. The lowest BCUT2D eigenvalue weighted by atomic mass is 10.1.